The number of hydrogen-bond acceptors (Lipinski definition) is 9. The average Bonchev–Trinajstić information content (AvgIpc) is 3.30. The van der Waals surface area contributed by atoms with Crippen LogP contribution in [0.2, 0.25) is 0 Å². The first-order chi connectivity index (χ1) is 18.6. The second-order valence-corrected chi connectivity index (χ2v) is 14.3. The van der Waals surface area contributed by atoms with Crippen molar-refractivity contribution in [1.82, 2.24) is 30.3 Å². The van der Waals surface area contributed by atoms with Crippen molar-refractivity contribution >= 4 is 15.8 Å². The van der Waals surface area contributed by atoms with E-state index in [1.54, 1.807) is 4.31 Å². The summed E-state index contributed by atoms with van der Waals surface area (Å²) in [6.07, 6.45) is 10.4. The summed E-state index contributed by atoms with van der Waals surface area (Å²) in [6, 6.07) is 4.93. The quantitative estimate of drug-likeness (QED) is 0.556. The van der Waals surface area contributed by atoms with Crippen LogP contribution in [0.4, 0.5) is 5.82 Å². The number of anilines is 1. The molecule has 0 aromatic carbocycles. The summed E-state index contributed by atoms with van der Waals surface area (Å²) in [4.78, 5) is 7.12. The monoisotopic (exact) mass is 555 g/mol. The molecule has 0 bridgehead atoms. The number of pyridine rings is 1. The molecule has 0 radical (unpaired) electrons. The lowest BCUT2D eigenvalue weighted by molar-refractivity contribution is -0.0377. The van der Waals surface area contributed by atoms with Gasteiger partial charge in [-0.3, -0.25) is 5.43 Å². The number of hydrazine groups is 1. The lowest BCUT2D eigenvalue weighted by Gasteiger charge is -2.54. The van der Waals surface area contributed by atoms with Crippen molar-refractivity contribution in [3.63, 3.8) is 0 Å². The molecular weight excluding hydrogens is 514 g/mol. The second-order valence-electron chi connectivity index (χ2n) is 12.3. The highest BCUT2D eigenvalue weighted by Gasteiger charge is 2.48. The van der Waals surface area contributed by atoms with E-state index in [1.165, 1.54) is 11.8 Å². The first kappa shape index (κ1) is 27.0. The fraction of sp³-hybridized carbons (Fsp3) is 0.679. The molecule has 0 amide bonds. The van der Waals surface area contributed by atoms with Gasteiger partial charge < -0.3 is 9.64 Å². The van der Waals surface area contributed by atoms with Gasteiger partial charge in [0.2, 0.25) is 10.0 Å². The Labute approximate surface area is 231 Å². The van der Waals surface area contributed by atoms with E-state index in [0.29, 0.717) is 25.0 Å². The molecule has 2 aromatic rings. The molecule has 1 saturated carbocycles. The zero-order valence-corrected chi connectivity index (χ0v) is 24.2. The van der Waals surface area contributed by atoms with E-state index < -0.39 is 10.0 Å². The maximum Gasteiger partial charge on any atom is 0.211 e. The zero-order chi connectivity index (χ0) is 27.4. The fourth-order valence-electron chi connectivity index (χ4n) is 7.45. The lowest BCUT2D eigenvalue weighted by atomic mass is 9.74. The third-order valence-electron chi connectivity index (χ3n) is 9.38. The van der Waals surface area contributed by atoms with Gasteiger partial charge in [-0.15, -0.1) is 0 Å². The summed E-state index contributed by atoms with van der Waals surface area (Å²) in [7, 11) is -3.14. The maximum atomic E-state index is 12.1. The Morgan fingerprint density at radius 1 is 1.13 bits per heavy atom. The molecule has 2 N–H and O–H groups in total. The van der Waals surface area contributed by atoms with Crippen molar-refractivity contribution in [2.75, 3.05) is 37.3 Å². The van der Waals surface area contributed by atoms with Crippen molar-refractivity contribution in [3.05, 3.63) is 46.9 Å². The second kappa shape index (κ2) is 10.3. The standard InChI is InChI=1S/C28H41N7O3S/c1-18-13-30-31-19(2)26(18)20(3)38-22-7-8-24-23(12-22)27(33-32-24)21-6-9-25(29-14-21)34-15-28(16-34)10-5-11-35(17-28)39(4,36)37/h6,9,13-14,20,22-24,27,32-33H,5,7-8,10-12,15-17H2,1-4H3/t20-,22?,23?,24?,27?/m1/s1. The number of piperidine rings is 1. The number of nitrogens with one attached hydrogen (secondary N) is 2. The highest BCUT2D eigenvalue weighted by atomic mass is 32.2. The molecule has 4 fully saturated rings. The van der Waals surface area contributed by atoms with Crippen LogP contribution in [-0.2, 0) is 14.8 Å². The molecule has 10 nitrogen and oxygen atoms in total. The fourth-order valence-corrected chi connectivity index (χ4v) is 8.42. The van der Waals surface area contributed by atoms with Gasteiger partial charge >= 0.3 is 0 Å². The van der Waals surface area contributed by atoms with Crippen molar-refractivity contribution in [3.8, 4) is 0 Å². The third-order valence-corrected chi connectivity index (χ3v) is 10.6. The summed E-state index contributed by atoms with van der Waals surface area (Å²) in [6.45, 7) is 9.20. The summed E-state index contributed by atoms with van der Waals surface area (Å²) in [5.41, 5.74) is 11.5. The van der Waals surface area contributed by atoms with Crippen LogP contribution in [0.1, 0.15) is 73.6 Å². The number of sulfonamides is 1. The van der Waals surface area contributed by atoms with Crippen LogP contribution in [0, 0.1) is 25.2 Å². The van der Waals surface area contributed by atoms with Gasteiger partial charge in [-0.1, -0.05) is 6.07 Å². The van der Waals surface area contributed by atoms with Gasteiger partial charge in [-0.2, -0.15) is 10.2 Å². The molecule has 5 atom stereocenters. The molecule has 3 aliphatic heterocycles. The highest BCUT2D eigenvalue weighted by Crippen LogP contribution is 2.43. The van der Waals surface area contributed by atoms with Crippen LogP contribution >= 0.6 is 0 Å². The van der Waals surface area contributed by atoms with Gasteiger partial charge in [0, 0.05) is 49.4 Å². The maximum absolute atomic E-state index is 12.1. The largest absolute Gasteiger partial charge is 0.370 e. The first-order valence-electron chi connectivity index (χ1n) is 14.2. The van der Waals surface area contributed by atoms with E-state index in [4.69, 9.17) is 9.72 Å². The normalized spacial score (nSPS) is 29.7. The van der Waals surface area contributed by atoms with Gasteiger partial charge in [0.05, 0.1) is 36.4 Å². The summed E-state index contributed by atoms with van der Waals surface area (Å²) in [5.74, 6) is 1.40. The number of hydrogen-bond donors (Lipinski definition) is 2. The molecule has 11 heteroatoms. The Morgan fingerprint density at radius 2 is 1.95 bits per heavy atom. The van der Waals surface area contributed by atoms with Crippen LogP contribution < -0.4 is 15.8 Å². The summed E-state index contributed by atoms with van der Waals surface area (Å²) >= 11 is 0. The van der Waals surface area contributed by atoms with Crippen molar-refractivity contribution < 1.29 is 13.2 Å². The molecule has 212 valence electrons. The summed E-state index contributed by atoms with van der Waals surface area (Å²) in [5, 5.41) is 8.31. The van der Waals surface area contributed by atoms with Gasteiger partial charge in [0.1, 0.15) is 5.82 Å². The van der Waals surface area contributed by atoms with E-state index in [0.717, 1.165) is 67.8 Å². The van der Waals surface area contributed by atoms with Gasteiger partial charge in [0.25, 0.3) is 0 Å². The number of fused-ring (bicyclic) bond motifs is 1. The number of rotatable bonds is 6. The molecule has 1 spiro atoms. The molecule has 4 aliphatic rings. The van der Waals surface area contributed by atoms with E-state index in [2.05, 4.69) is 51.9 Å². The van der Waals surface area contributed by atoms with Crippen LogP contribution in [0.5, 0.6) is 0 Å². The Balaban J connectivity index is 1.08. The molecular formula is C28H41N7O3S. The van der Waals surface area contributed by atoms with Gasteiger partial charge in [-0.05, 0) is 76.0 Å². The number of aromatic nitrogens is 3. The van der Waals surface area contributed by atoms with Crippen LogP contribution in [0.25, 0.3) is 0 Å². The number of aryl methyl sites for hydroxylation is 2. The Kier molecular flexibility index (Phi) is 7.16. The minimum atomic E-state index is -3.14. The first-order valence-corrected chi connectivity index (χ1v) is 16.1. The molecule has 2 aromatic heterocycles. The van der Waals surface area contributed by atoms with Crippen LogP contribution in [0.3, 0.4) is 0 Å². The van der Waals surface area contributed by atoms with Crippen molar-refractivity contribution in [2.24, 2.45) is 11.3 Å². The van der Waals surface area contributed by atoms with Gasteiger partial charge in [-0.25, -0.2) is 23.1 Å². The Morgan fingerprint density at radius 3 is 2.67 bits per heavy atom. The van der Waals surface area contributed by atoms with Crippen molar-refractivity contribution in [1.29, 1.82) is 0 Å². The average molecular weight is 556 g/mol. The summed E-state index contributed by atoms with van der Waals surface area (Å²) < 4.78 is 32.4. The van der Waals surface area contributed by atoms with Crippen LogP contribution in [-0.4, -0.2) is 72.5 Å². The topological polar surface area (TPSA) is 113 Å². The highest BCUT2D eigenvalue weighted by molar-refractivity contribution is 7.88. The minimum Gasteiger partial charge on any atom is -0.370 e. The van der Waals surface area contributed by atoms with E-state index in [1.807, 2.05) is 19.3 Å². The minimum absolute atomic E-state index is 0.0164. The van der Waals surface area contributed by atoms with Crippen LogP contribution in [0.15, 0.2) is 24.5 Å². The predicted molar refractivity (Wildman–Crippen MR) is 149 cm³/mol. The Hall–Kier alpha value is -2.18. The van der Waals surface area contributed by atoms with E-state index >= 15 is 0 Å². The number of nitrogens with zero attached hydrogens (tertiary/aromatic N) is 5. The lowest BCUT2D eigenvalue weighted by Crippen LogP contribution is -2.63. The zero-order valence-electron chi connectivity index (χ0n) is 23.4. The molecule has 1 aliphatic carbocycles. The van der Waals surface area contributed by atoms with Crippen molar-refractivity contribution in [2.45, 2.75) is 77.2 Å². The van der Waals surface area contributed by atoms with Gasteiger partial charge in [0.15, 0.2) is 0 Å². The molecule has 4 unspecified atom stereocenters. The molecule has 3 saturated heterocycles. The molecule has 6 rings (SSSR count). The smallest absolute Gasteiger partial charge is 0.211 e. The molecule has 39 heavy (non-hydrogen) atoms. The Bertz CT molecular complexity index is 1280. The third kappa shape index (κ3) is 5.31. The number of ether oxygens (including phenoxy) is 1. The van der Waals surface area contributed by atoms with E-state index in [-0.39, 0.29) is 23.7 Å². The SMILES string of the molecule is Cc1cnnc(C)c1[C@@H](C)OC1CCC2NNC(c3ccc(N4CC5(CCCN(S(C)(=O)=O)C5)C4)nc3)C2C1. The van der Waals surface area contributed by atoms with E-state index in [9.17, 15) is 8.42 Å². The predicted octanol–water partition coefficient (Wildman–Crippen LogP) is 2.81. The molecule has 5 heterocycles.